The molecule has 1 amide bonds. The molecule has 0 radical (unpaired) electrons. The normalized spacial score (nSPS) is 12.6. The fourth-order valence-corrected chi connectivity index (χ4v) is 3.67. The minimum absolute atomic E-state index is 0.0335. The van der Waals surface area contributed by atoms with Gasteiger partial charge in [0.2, 0.25) is 5.95 Å². The number of nitrogens with one attached hydrogen (secondary N) is 1. The van der Waals surface area contributed by atoms with Crippen molar-refractivity contribution in [1.82, 2.24) is 10.3 Å². The third kappa shape index (κ3) is 4.04. The van der Waals surface area contributed by atoms with E-state index in [2.05, 4.69) is 34.6 Å². The van der Waals surface area contributed by atoms with E-state index in [9.17, 15) is 9.18 Å². The van der Waals surface area contributed by atoms with E-state index in [0.717, 1.165) is 11.1 Å². The molecule has 1 N–H and O–H groups in total. The molecule has 1 aromatic heterocycles. The van der Waals surface area contributed by atoms with Crippen molar-refractivity contribution in [3.63, 3.8) is 0 Å². The maximum absolute atomic E-state index is 13.2. The third-order valence-corrected chi connectivity index (χ3v) is 5.12. The molecular formula is C24H21FN2O2. The second kappa shape index (κ2) is 8.27. The number of carbonyl (C=O) groups is 1. The van der Waals surface area contributed by atoms with E-state index in [1.807, 2.05) is 31.2 Å². The Morgan fingerprint density at radius 1 is 1.14 bits per heavy atom. The molecule has 1 aliphatic rings. The number of amides is 1. The van der Waals surface area contributed by atoms with Crippen molar-refractivity contribution >= 4 is 12.2 Å². The molecule has 1 heterocycles. The number of aryl methyl sites for hydroxylation is 1. The number of alkyl carbamates (subject to hydrolysis) is 1. The Kier molecular flexibility index (Phi) is 5.38. The number of halogens is 1. The fourth-order valence-electron chi connectivity index (χ4n) is 3.67. The van der Waals surface area contributed by atoms with Crippen LogP contribution in [0.5, 0.6) is 0 Å². The van der Waals surface area contributed by atoms with Crippen LogP contribution in [0.2, 0.25) is 0 Å². The van der Waals surface area contributed by atoms with Gasteiger partial charge in [0.1, 0.15) is 6.61 Å². The molecule has 0 fully saturated rings. The molecule has 0 aliphatic heterocycles. The second-order valence-electron chi connectivity index (χ2n) is 6.97. The Morgan fingerprint density at radius 2 is 1.79 bits per heavy atom. The van der Waals surface area contributed by atoms with Gasteiger partial charge in [-0.05, 0) is 40.3 Å². The SMILES string of the molecule is Cc1cnc(F)cc1C=CCNC(=O)OCC1c2ccccc2-c2ccccc21. The number of rotatable bonds is 5. The summed E-state index contributed by atoms with van der Waals surface area (Å²) >= 11 is 0. The van der Waals surface area contributed by atoms with Gasteiger partial charge in [0, 0.05) is 24.7 Å². The Hall–Kier alpha value is -3.47. The second-order valence-corrected chi connectivity index (χ2v) is 6.97. The highest BCUT2D eigenvalue weighted by Crippen LogP contribution is 2.44. The third-order valence-electron chi connectivity index (χ3n) is 5.12. The first kappa shape index (κ1) is 18.9. The summed E-state index contributed by atoms with van der Waals surface area (Å²) in [5.74, 6) is -0.495. The maximum atomic E-state index is 13.2. The molecule has 3 aromatic rings. The summed E-state index contributed by atoms with van der Waals surface area (Å²) in [5, 5.41) is 2.70. The Labute approximate surface area is 169 Å². The molecule has 0 saturated heterocycles. The minimum atomic E-state index is -0.528. The summed E-state index contributed by atoms with van der Waals surface area (Å²) in [6.07, 6.45) is 4.51. The minimum Gasteiger partial charge on any atom is -0.449 e. The molecule has 4 rings (SSSR count). The molecule has 0 spiro atoms. The molecule has 2 aromatic carbocycles. The largest absolute Gasteiger partial charge is 0.449 e. The summed E-state index contributed by atoms with van der Waals surface area (Å²) in [6, 6.07) is 17.8. The van der Waals surface area contributed by atoms with E-state index < -0.39 is 12.0 Å². The lowest BCUT2D eigenvalue weighted by Gasteiger charge is -2.14. The molecule has 0 bridgehead atoms. The van der Waals surface area contributed by atoms with Gasteiger partial charge in [-0.25, -0.2) is 9.78 Å². The average Bonchev–Trinajstić information content (AvgIpc) is 3.06. The molecule has 1 aliphatic carbocycles. The van der Waals surface area contributed by atoms with Crippen LogP contribution in [-0.2, 0) is 4.74 Å². The first-order valence-corrected chi connectivity index (χ1v) is 9.51. The van der Waals surface area contributed by atoms with Gasteiger partial charge < -0.3 is 10.1 Å². The predicted molar refractivity (Wildman–Crippen MR) is 111 cm³/mol. The maximum Gasteiger partial charge on any atom is 0.407 e. The molecule has 0 saturated carbocycles. The van der Waals surface area contributed by atoms with E-state index in [0.29, 0.717) is 6.54 Å². The van der Waals surface area contributed by atoms with Crippen LogP contribution in [0.15, 0.2) is 66.9 Å². The highest BCUT2D eigenvalue weighted by molar-refractivity contribution is 5.79. The number of ether oxygens (including phenoxy) is 1. The average molecular weight is 388 g/mol. The molecule has 146 valence electrons. The van der Waals surface area contributed by atoms with Gasteiger partial charge in [-0.2, -0.15) is 4.39 Å². The molecule has 4 nitrogen and oxygen atoms in total. The lowest BCUT2D eigenvalue weighted by atomic mass is 9.98. The van der Waals surface area contributed by atoms with Crippen molar-refractivity contribution in [3.05, 3.63) is 95.1 Å². The quantitative estimate of drug-likeness (QED) is 0.620. The fraction of sp³-hybridized carbons (Fsp3) is 0.167. The van der Waals surface area contributed by atoms with Crippen molar-refractivity contribution in [1.29, 1.82) is 0 Å². The lowest BCUT2D eigenvalue weighted by Crippen LogP contribution is -2.26. The lowest BCUT2D eigenvalue weighted by molar-refractivity contribution is 0.144. The van der Waals surface area contributed by atoms with E-state index >= 15 is 0 Å². The van der Waals surface area contributed by atoms with Crippen molar-refractivity contribution in [3.8, 4) is 11.1 Å². The summed E-state index contributed by atoms with van der Waals surface area (Å²) in [6.45, 7) is 2.42. The summed E-state index contributed by atoms with van der Waals surface area (Å²) in [7, 11) is 0. The van der Waals surface area contributed by atoms with Gasteiger partial charge in [-0.15, -0.1) is 0 Å². The zero-order chi connectivity index (χ0) is 20.2. The molecule has 0 atom stereocenters. The zero-order valence-electron chi connectivity index (χ0n) is 16.1. The van der Waals surface area contributed by atoms with Crippen molar-refractivity contribution in [2.75, 3.05) is 13.2 Å². The van der Waals surface area contributed by atoms with Crippen LogP contribution in [0, 0.1) is 12.9 Å². The number of hydrogen-bond donors (Lipinski definition) is 1. The van der Waals surface area contributed by atoms with Crippen LogP contribution >= 0.6 is 0 Å². The monoisotopic (exact) mass is 388 g/mol. The first-order chi connectivity index (χ1) is 14.1. The van der Waals surface area contributed by atoms with E-state index in [4.69, 9.17) is 4.74 Å². The van der Waals surface area contributed by atoms with E-state index in [-0.39, 0.29) is 12.5 Å². The highest BCUT2D eigenvalue weighted by Gasteiger charge is 2.28. The van der Waals surface area contributed by atoms with Crippen molar-refractivity contribution in [2.24, 2.45) is 0 Å². The van der Waals surface area contributed by atoms with E-state index in [1.165, 1.54) is 34.5 Å². The Bertz CT molecular complexity index is 1030. The summed E-state index contributed by atoms with van der Waals surface area (Å²) < 4.78 is 18.7. The van der Waals surface area contributed by atoms with Gasteiger partial charge >= 0.3 is 6.09 Å². The van der Waals surface area contributed by atoms with Crippen LogP contribution in [-0.4, -0.2) is 24.2 Å². The van der Waals surface area contributed by atoms with E-state index in [1.54, 1.807) is 12.2 Å². The number of aromatic nitrogens is 1. The predicted octanol–water partition coefficient (Wildman–Crippen LogP) is 5.08. The number of nitrogens with zero attached hydrogens (tertiary/aromatic N) is 1. The molecular weight excluding hydrogens is 367 g/mol. The Balaban J connectivity index is 1.34. The first-order valence-electron chi connectivity index (χ1n) is 9.51. The summed E-state index contributed by atoms with van der Waals surface area (Å²) in [4.78, 5) is 15.7. The van der Waals surface area contributed by atoms with Crippen molar-refractivity contribution in [2.45, 2.75) is 12.8 Å². The number of fused-ring (bicyclic) bond motifs is 3. The van der Waals surface area contributed by atoms with Gasteiger partial charge in [-0.1, -0.05) is 60.7 Å². The highest BCUT2D eigenvalue weighted by atomic mass is 19.1. The topological polar surface area (TPSA) is 51.2 Å². The Morgan fingerprint density at radius 3 is 2.48 bits per heavy atom. The zero-order valence-corrected chi connectivity index (χ0v) is 16.1. The standard InChI is InChI=1S/C24H21FN2O2/c1-16-14-27-23(25)13-17(16)7-6-12-26-24(28)29-15-22-20-10-4-2-8-18(20)19-9-3-5-11-21(19)22/h2-11,13-14,22H,12,15H2,1H3,(H,26,28). The number of hydrogen-bond acceptors (Lipinski definition) is 3. The van der Waals surface area contributed by atoms with Gasteiger partial charge in [-0.3, -0.25) is 0 Å². The molecule has 29 heavy (non-hydrogen) atoms. The van der Waals surface area contributed by atoms with Crippen molar-refractivity contribution < 1.29 is 13.9 Å². The van der Waals surface area contributed by atoms with Gasteiger partial charge in [0.15, 0.2) is 0 Å². The van der Waals surface area contributed by atoms with Crippen LogP contribution in [0.1, 0.15) is 28.2 Å². The van der Waals surface area contributed by atoms with Gasteiger partial charge in [0.25, 0.3) is 0 Å². The molecule has 0 unspecified atom stereocenters. The smallest absolute Gasteiger partial charge is 0.407 e. The molecule has 5 heteroatoms. The number of benzene rings is 2. The van der Waals surface area contributed by atoms with Gasteiger partial charge in [0.05, 0.1) is 0 Å². The van der Waals surface area contributed by atoms with Crippen LogP contribution in [0.3, 0.4) is 0 Å². The number of pyridine rings is 1. The van der Waals surface area contributed by atoms with Crippen LogP contribution in [0.4, 0.5) is 9.18 Å². The number of carbonyl (C=O) groups excluding carboxylic acids is 1. The summed E-state index contributed by atoms with van der Waals surface area (Å²) in [5.41, 5.74) is 6.34. The van der Waals surface area contributed by atoms with Crippen LogP contribution < -0.4 is 5.32 Å². The van der Waals surface area contributed by atoms with Crippen LogP contribution in [0.25, 0.3) is 17.2 Å².